The van der Waals surface area contributed by atoms with Crippen LogP contribution < -0.4 is 21.1 Å². The number of hydrogen-bond donors (Lipinski definition) is 3. The molecule has 2 atom stereocenters. The molecule has 1 aromatic rings. The van der Waals surface area contributed by atoms with Crippen LogP contribution in [0.5, 0.6) is 5.75 Å². The molecule has 24 heavy (non-hydrogen) atoms. The molecule has 0 aromatic heterocycles. The number of benzene rings is 1. The van der Waals surface area contributed by atoms with E-state index < -0.39 is 30.0 Å². The van der Waals surface area contributed by atoms with Crippen molar-refractivity contribution in [3.05, 3.63) is 18.2 Å². The molecule has 1 aromatic carbocycles. The summed E-state index contributed by atoms with van der Waals surface area (Å²) in [7, 11) is 1.44. The quantitative estimate of drug-likeness (QED) is 0.563. The van der Waals surface area contributed by atoms with Gasteiger partial charge in [0.25, 0.3) is 0 Å². The number of piperidine rings is 1. The Balaban J connectivity index is 0.00000288. The maximum absolute atomic E-state index is 12.6. The second-order valence-corrected chi connectivity index (χ2v) is 5.18. The Morgan fingerprint density at radius 1 is 1.38 bits per heavy atom. The normalized spacial score (nSPS) is 20.6. The number of halogens is 4. The molecule has 1 fully saturated rings. The number of nitrogens with two attached hydrogens (primary N) is 1. The highest BCUT2D eigenvalue weighted by Crippen LogP contribution is 2.29. The number of amides is 2. The summed E-state index contributed by atoms with van der Waals surface area (Å²) in [6, 6.07) is 2.59. The molecule has 0 aliphatic carbocycles. The Bertz CT molecular complexity index is 625. The van der Waals surface area contributed by atoms with Gasteiger partial charge in [0.05, 0.1) is 12.8 Å². The van der Waals surface area contributed by atoms with E-state index in [1.807, 2.05) is 5.32 Å². The second kappa shape index (κ2) is 7.61. The molecule has 2 amide bonds. The van der Waals surface area contributed by atoms with Crippen molar-refractivity contribution in [3.8, 4) is 5.75 Å². The Kier molecular flexibility index (Phi) is 6.30. The van der Waals surface area contributed by atoms with E-state index in [2.05, 4.69) is 5.32 Å². The summed E-state index contributed by atoms with van der Waals surface area (Å²) in [6.45, 7) is 0. The van der Waals surface area contributed by atoms with Gasteiger partial charge < -0.3 is 21.1 Å². The van der Waals surface area contributed by atoms with Crippen molar-refractivity contribution in [2.45, 2.75) is 25.1 Å². The van der Waals surface area contributed by atoms with Crippen LogP contribution in [0.4, 0.5) is 24.5 Å². The molecule has 1 aliphatic rings. The van der Waals surface area contributed by atoms with Crippen molar-refractivity contribution >= 4 is 35.6 Å². The Morgan fingerprint density at radius 2 is 2.04 bits per heavy atom. The van der Waals surface area contributed by atoms with Crippen LogP contribution >= 0.6 is 12.4 Å². The fraction of sp³-hybridized carbons (Fsp3) is 0.429. The van der Waals surface area contributed by atoms with Gasteiger partial charge in [-0.25, -0.2) is 0 Å². The topological polar surface area (TPSA) is 93.5 Å². The summed E-state index contributed by atoms with van der Waals surface area (Å²) < 4.78 is 42.7. The number of nitrogen functional groups attached to an aromatic ring is 1. The highest BCUT2D eigenvalue weighted by Gasteiger charge is 2.45. The Morgan fingerprint density at radius 3 is 2.54 bits per heavy atom. The van der Waals surface area contributed by atoms with E-state index in [0.29, 0.717) is 11.4 Å². The molecule has 1 heterocycles. The van der Waals surface area contributed by atoms with Crippen LogP contribution in [-0.4, -0.2) is 31.1 Å². The van der Waals surface area contributed by atoms with E-state index in [1.165, 1.54) is 25.3 Å². The van der Waals surface area contributed by atoms with Crippen LogP contribution in [0.25, 0.3) is 0 Å². The van der Waals surface area contributed by atoms with E-state index >= 15 is 0 Å². The predicted octanol–water partition coefficient (Wildman–Crippen LogP) is 2.09. The fourth-order valence-corrected chi connectivity index (χ4v) is 2.35. The number of carbonyl (C=O) groups is 2. The lowest BCUT2D eigenvalue weighted by Gasteiger charge is -2.29. The van der Waals surface area contributed by atoms with E-state index in [4.69, 9.17) is 10.5 Å². The minimum absolute atomic E-state index is 0. The summed E-state index contributed by atoms with van der Waals surface area (Å²) in [5.41, 5.74) is 6.32. The van der Waals surface area contributed by atoms with E-state index in [-0.39, 0.29) is 30.9 Å². The molecule has 2 rings (SSSR count). The summed E-state index contributed by atoms with van der Waals surface area (Å²) in [5, 5.41) is 4.30. The molecule has 2 unspecified atom stereocenters. The molecule has 1 aliphatic heterocycles. The summed E-state index contributed by atoms with van der Waals surface area (Å²) in [5.74, 6) is -2.35. The van der Waals surface area contributed by atoms with Gasteiger partial charge in [0.1, 0.15) is 17.7 Å². The van der Waals surface area contributed by atoms with Crippen LogP contribution in [0.15, 0.2) is 18.2 Å². The first-order valence-corrected chi connectivity index (χ1v) is 6.84. The van der Waals surface area contributed by atoms with Crippen LogP contribution in [0, 0.1) is 5.92 Å². The largest absolute Gasteiger partial charge is 0.495 e. The molecule has 0 bridgehead atoms. The first kappa shape index (κ1) is 19.9. The minimum Gasteiger partial charge on any atom is -0.495 e. The first-order chi connectivity index (χ1) is 10.7. The van der Waals surface area contributed by atoms with Crippen molar-refractivity contribution in [2.24, 2.45) is 5.92 Å². The number of alkyl halides is 3. The number of carbonyl (C=O) groups excluding carboxylic acids is 2. The maximum Gasteiger partial charge on any atom is 0.408 e. The van der Waals surface area contributed by atoms with Gasteiger partial charge >= 0.3 is 6.18 Å². The molecule has 6 nitrogen and oxygen atoms in total. The molecule has 0 saturated carbocycles. The van der Waals surface area contributed by atoms with E-state index in [1.54, 1.807) is 0 Å². The standard InChI is InChI=1S/C14H16F3N3O3.ClH/c1-23-10-4-2-7(6-9(10)18)19-12(21)8-3-5-11(14(15,16)17)20-13(8)22;/h2,4,6,8,11H,3,5,18H2,1H3,(H,19,21)(H,20,22);1H. The van der Waals surface area contributed by atoms with Crippen LogP contribution in [0.2, 0.25) is 0 Å². The molecular formula is C14H17ClF3N3O3. The van der Waals surface area contributed by atoms with Crippen LogP contribution in [0.3, 0.4) is 0 Å². The first-order valence-electron chi connectivity index (χ1n) is 6.84. The van der Waals surface area contributed by atoms with Crippen molar-refractivity contribution in [2.75, 3.05) is 18.2 Å². The molecule has 4 N–H and O–H groups in total. The number of ether oxygens (including phenoxy) is 1. The number of nitrogens with one attached hydrogen (secondary N) is 2. The average Bonchev–Trinajstić information content (AvgIpc) is 2.46. The van der Waals surface area contributed by atoms with Crippen molar-refractivity contribution in [1.29, 1.82) is 0 Å². The fourth-order valence-electron chi connectivity index (χ4n) is 2.35. The molecule has 1 saturated heterocycles. The van der Waals surface area contributed by atoms with E-state index in [0.717, 1.165) is 0 Å². The lowest BCUT2D eigenvalue weighted by atomic mass is 9.92. The van der Waals surface area contributed by atoms with Gasteiger partial charge in [-0.15, -0.1) is 12.4 Å². The third-order valence-corrected chi connectivity index (χ3v) is 3.59. The van der Waals surface area contributed by atoms with Crippen LogP contribution in [-0.2, 0) is 9.59 Å². The Hall–Kier alpha value is -2.16. The van der Waals surface area contributed by atoms with Gasteiger partial charge in [0, 0.05) is 5.69 Å². The molecule has 10 heteroatoms. The number of hydrogen-bond acceptors (Lipinski definition) is 4. The lowest BCUT2D eigenvalue weighted by Crippen LogP contribution is -2.53. The maximum atomic E-state index is 12.6. The van der Waals surface area contributed by atoms with Crippen molar-refractivity contribution in [1.82, 2.24) is 5.32 Å². The molecule has 0 spiro atoms. The minimum atomic E-state index is -4.51. The third kappa shape index (κ3) is 4.44. The smallest absolute Gasteiger partial charge is 0.408 e. The monoisotopic (exact) mass is 367 g/mol. The zero-order chi connectivity index (χ0) is 17.2. The van der Waals surface area contributed by atoms with Crippen molar-refractivity contribution < 1.29 is 27.5 Å². The molecule has 134 valence electrons. The SMILES string of the molecule is COc1ccc(NC(=O)C2CCC(C(F)(F)F)NC2=O)cc1N.Cl. The van der Waals surface area contributed by atoms with Gasteiger partial charge in [-0.05, 0) is 31.0 Å². The number of methoxy groups -OCH3 is 1. The average molecular weight is 368 g/mol. The van der Waals surface area contributed by atoms with Gasteiger partial charge in [-0.3, -0.25) is 9.59 Å². The van der Waals surface area contributed by atoms with Crippen molar-refractivity contribution in [3.63, 3.8) is 0 Å². The number of anilines is 2. The summed E-state index contributed by atoms with van der Waals surface area (Å²) in [4.78, 5) is 23.8. The van der Waals surface area contributed by atoms with Gasteiger partial charge in [0.15, 0.2) is 0 Å². The zero-order valence-corrected chi connectivity index (χ0v) is 13.5. The Labute approximate surface area is 142 Å². The highest BCUT2D eigenvalue weighted by molar-refractivity contribution is 6.07. The second-order valence-electron chi connectivity index (χ2n) is 5.18. The van der Waals surface area contributed by atoms with Gasteiger partial charge in [-0.2, -0.15) is 13.2 Å². The zero-order valence-electron chi connectivity index (χ0n) is 12.6. The lowest BCUT2D eigenvalue weighted by molar-refractivity contribution is -0.170. The number of rotatable bonds is 3. The third-order valence-electron chi connectivity index (χ3n) is 3.59. The van der Waals surface area contributed by atoms with Gasteiger partial charge in [-0.1, -0.05) is 0 Å². The molecular weight excluding hydrogens is 351 g/mol. The van der Waals surface area contributed by atoms with Gasteiger partial charge in [0.2, 0.25) is 11.8 Å². The summed E-state index contributed by atoms with van der Waals surface area (Å²) >= 11 is 0. The predicted molar refractivity (Wildman–Crippen MR) is 84.0 cm³/mol. The van der Waals surface area contributed by atoms with E-state index in [9.17, 15) is 22.8 Å². The highest BCUT2D eigenvalue weighted by atomic mass is 35.5. The van der Waals surface area contributed by atoms with Crippen LogP contribution in [0.1, 0.15) is 12.8 Å². The summed E-state index contributed by atoms with van der Waals surface area (Å²) in [6.07, 6.45) is -5.02. The molecule has 0 radical (unpaired) electrons.